The van der Waals surface area contributed by atoms with Gasteiger partial charge in [0.05, 0.1) is 19.8 Å². The van der Waals surface area contributed by atoms with Gasteiger partial charge in [0.1, 0.15) is 0 Å². The van der Waals surface area contributed by atoms with E-state index in [1.165, 1.54) is 20.8 Å². The molecule has 0 radical (unpaired) electrons. The fourth-order valence-corrected chi connectivity index (χ4v) is 6.50. The number of hydrogen-bond acceptors (Lipinski definition) is 11. The van der Waals surface area contributed by atoms with Gasteiger partial charge in [-0.2, -0.15) is 0 Å². The molecule has 0 aromatic carbocycles. The second-order valence-corrected chi connectivity index (χ2v) is 11.3. The van der Waals surface area contributed by atoms with E-state index in [4.69, 9.17) is 28.0 Å². The van der Waals surface area contributed by atoms with Crippen LogP contribution in [-0.4, -0.2) is 61.5 Å². The molecule has 10 nitrogen and oxygen atoms in total. The van der Waals surface area contributed by atoms with Crippen molar-refractivity contribution >= 4 is 36.1 Å². The van der Waals surface area contributed by atoms with Crippen molar-refractivity contribution in [3.05, 3.63) is 0 Å². The maximum absolute atomic E-state index is 12.9. The largest absolute Gasteiger partial charge is 0.456 e. The molecule has 0 bridgehead atoms. The molecule has 2 fully saturated rings. The van der Waals surface area contributed by atoms with Crippen LogP contribution in [0.25, 0.3) is 0 Å². The van der Waals surface area contributed by atoms with Crippen molar-refractivity contribution in [2.45, 2.75) is 58.4 Å². The molecule has 0 aromatic heterocycles. The first-order chi connectivity index (χ1) is 12.9. The number of carbonyl (C=O) groups excluding carboxylic acids is 3. The predicted molar refractivity (Wildman–Crippen MR) is 97.3 cm³/mol. The molecule has 4 atom stereocenters. The van der Waals surface area contributed by atoms with E-state index in [2.05, 4.69) is 0 Å². The van der Waals surface area contributed by atoms with Gasteiger partial charge in [-0.3, -0.25) is 14.4 Å². The van der Waals surface area contributed by atoms with Crippen LogP contribution >= 0.6 is 18.2 Å². The van der Waals surface area contributed by atoms with Crippen molar-refractivity contribution < 1.29 is 46.9 Å². The van der Waals surface area contributed by atoms with E-state index in [0.29, 0.717) is 0 Å². The summed E-state index contributed by atoms with van der Waals surface area (Å²) in [6.45, 7) is 4.01. The van der Waals surface area contributed by atoms with Crippen LogP contribution in [0.15, 0.2) is 0 Å². The van der Waals surface area contributed by atoms with Gasteiger partial charge in [-0.25, -0.2) is 4.57 Å². The Labute approximate surface area is 167 Å². The van der Waals surface area contributed by atoms with Crippen molar-refractivity contribution in [3.8, 4) is 0 Å². The zero-order valence-electron chi connectivity index (χ0n) is 16.4. The third kappa shape index (κ3) is 6.45. The second kappa shape index (κ2) is 9.13. The summed E-state index contributed by atoms with van der Waals surface area (Å²) < 4.78 is 45.0. The lowest BCUT2D eigenvalue weighted by atomic mass is 9.97. The fraction of sp³-hybridized carbons (Fsp3) is 0.812. The van der Waals surface area contributed by atoms with Crippen molar-refractivity contribution in [1.82, 2.24) is 0 Å². The molecule has 0 aliphatic carbocycles. The highest BCUT2D eigenvalue weighted by Crippen LogP contribution is 2.66. The molecule has 4 unspecified atom stereocenters. The van der Waals surface area contributed by atoms with Crippen LogP contribution in [0.1, 0.15) is 34.6 Å². The van der Waals surface area contributed by atoms with Crippen LogP contribution in [0.2, 0.25) is 0 Å². The highest BCUT2D eigenvalue weighted by atomic mass is 32.7. The Morgan fingerprint density at radius 1 is 0.929 bits per heavy atom. The maximum atomic E-state index is 12.9. The second-order valence-electron chi connectivity index (χ2n) is 7.26. The van der Waals surface area contributed by atoms with E-state index >= 15 is 0 Å². The first kappa shape index (κ1) is 23.2. The minimum atomic E-state index is -3.60. The van der Waals surface area contributed by atoms with Crippen molar-refractivity contribution in [2.24, 2.45) is 5.41 Å². The molecular formula is C16H25O10PS. The molecule has 0 spiro atoms. The van der Waals surface area contributed by atoms with Gasteiger partial charge in [-0.05, 0) is 11.4 Å². The topological polar surface area (TPSA) is 124 Å². The molecule has 12 heteroatoms. The Morgan fingerprint density at radius 2 is 1.43 bits per heavy atom. The summed E-state index contributed by atoms with van der Waals surface area (Å²) in [6, 6.07) is 0. The van der Waals surface area contributed by atoms with Crippen LogP contribution < -0.4 is 0 Å². The van der Waals surface area contributed by atoms with Crippen LogP contribution in [0.4, 0.5) is 0 Å². The minimum Gasteiger partial charge on any atom is -0.456 e. The van der Waals surface area contributed by atoms with E-state index in [-0.39, 0.29) is 25.2 Å². The Kier molecular flexibility index (Phi) is 7.55. The predicted octanol–water partition coefficient (Wildman–Crippen LogP) is 2.05. The molecule has 2 rings (SSSR count). The Morgan fingerprint density at radius 3 is 1.93 bits per heavy atom. The molecule has 0 saturated carbocycles. The van der Waals surface area contributed by atoms with Crippen molar-refractivity contribution in [3.63, 3.8) is 0 Å². The summed E-state index contributed by atoms with van der Waals surface area (Å²) in [4.78, 5) is 34.5. The van der Waals surface area contributed by atoms with Crippen LogP contribution in [-0.2, 0) is 46.9 Å². The molecule has 2 saturated heterocycles. The number of rotatable bonds is 5. The van der Waals surface area contributed by atoms with Gasteiger partial charge in [0.25, 0.3) is 0 Å². The van der Waals surface area contributed by atoms with Gasteiger partial charge in [0.15, 0.2) is 23.7 Å². The number of hydrogen-bond donors (Lipinski definition) is 0. The van der Waals surface area contributed by atoms with Gasteiger partial charge >= 0.3 is 24.7 Å². The van der Waals surface area contributed by atoms with Gasteiger partial charge < -0.3 is 28.0 Å². The van der Waals surface area contributed by atoms with Crippen LogP contribution in [0.5, 0.6) is 0 Å². The summed E-state index contributed by atoms with van der Waals surface area (Å²) >= 11 is 0.726. The normalized spacial score (nSPS) is 31.5. The average molecular weight is 440 g/mol. The SMILES string of the molecule is CC(=O)OC1COC(SP2(=O)OCC(C)(C)CO2)C(OC(C)=O)C1OC(C)=O. The monoisotopic (exact) mass is 440 g/mol. The van der Waals surface area contributed by atoms with E-state index in [9.17, 15) is 18.9 Å². The summed E-state index contributed by atoms with van der Waals surface area (Å²) in [5.41, 5.74) is -1.31. The van der Waals surface area contributed by atoms with E-state index < -0.39 is 48.5 Å². The smallest absolute Gasteiger partial charge is 0.391 e. The zero-order valence-corrected chi connectivity index (χ0v) is 18.1. The fourth-order valence-electron chi connectivity index (χ4n) is 2.57. The first-order valence-electron chi connectivity index (χ1n) is 8.61. The number of esters is 3. The van der Waals surface area contributed by atoms with Gasteiger partial charge in [0, 0.05) is 26.2 Å². The summed E-state index contributed by atoms with van der Waals surface area (Å²) in [5.74, 6) is -1.96. The summed E-state index contributed by atoms with van der Waals surface area (Å²) in [7, 11) is 0. The number of carbonyl (C=O) groups is 3. The van der Waals surface area contributed by atoms with E-state index in [1.54, 1.807) is 0 Å². The Balaban J connectivity index is 2.22. The molecule has 0 amide bonds. The lowest BCUT2D eigenvalue weighted by Crippen LogP contribution is -2.56. The van der Waals surface area contributed by atoms with Gasteiger partial charge in [-0.15, -0.1) is 0 Å². The molecule has 2 aliphatic heterocycles. The molecule has 0 N–H and O–H groups in total. The van der Waals surface area contributed by atoms with Crippen molar-refractivity contribution in [2.75, 3.05) is 19.8 Å². The summed E-state index contributed by atoms with van der Waals surface area (Å²) in [6.07, 6.45) is -3.31. The lowest BCUT2D eigenvalue weighted by Gasteiger charge is -2.41. The van der Waals surface area contributed by atoms with E-state index in [0.717, 1.165) is 11.4 Å². The van der Waals surface area contributed by atoms with E-state index in [1.807, 2.05) is 13.8 Å². The third-order valence-corrected chi connectivity index (χ3v) is 7.56. The van der Waals surface area contributed by atoms with Crippen LogP contribution in [0, 0.1) is 5.41 Å². The Hall–Kier alpha value is -1.13. The first-order valence-corrected chi connectivity index (χ1v) is 11.6. The molecular weight excluding hydrogens is 415 g/mol. The van der Waals surface area contributed by atoms with Gasteiger partial charge in [-0.1, -0.05) is 13.8 Å². The number of ether oxygens (including phenoxy) is 4. The van der Waals surface area contributed by atoms with Crippen LogP contribution in [0.3, 0.4) is 0 Å². The highest BCUT2D eigenvalue weighted by Gasteiger charge is 2.51. The summed E-state index contributed by atoms with van der Waals surface area (Å²) in [5, 5.41) is 0. The highest BCUT2D eigenvalue weighted by molar-refractivity contribution is 8.55. The Bertz CT molecular complexity index is 652. The third-order valence-electron chi connectivity index (χ3n) is 3.76. The molecule has 160 valence electrons. The average Bonchev–Trinajstić information content (AvgIpc) is 2.55. The molecule has 28 heavy (non-hydrogen) atoms. The lowest BCUT2D eigenvalue weighted by molar-refractivity contribution is -0.213. The maximum Gasteiger partial charge on any atom is 0.391 e. The van der Waals surface area contributed by atoms with Crippen molar-refractivity contribution in [1.29, 1.82) is 0 Å². The zero-order chi connectivity index (χ0) is 21.1. The molecule has 2 heterocycles. The standard InChI is InChI=1S/C16H25O10PS/c1-9(17)24-12-6-21-15(14(26-11(3)19)13(12)25-10(2)18)28-27(20)22-7-16(4,5)8-23-27/h12-15H,6-8H2,1-5H3. The quantitative estimate of drug-likeness (QED) is 0.354. The van der Waals surface area contributed by atoms with Gasteiger partial charge in [0.2, 0.25) is 0 Å². The molecule has 0 aromatic rings. The molecule has 2 aliphatic rings. The minimum absolute atomic E-state index is 0.154.